The summed E-state index contributed by atoms with van der Waals surface area (Å²) in [4.78, 5) is 5.26. The summed E-state index contributed by atoms with van der Waals surface area (Å²) in [6.45, 7) is 18.7. The molecule has 1 atom stereocenters. The van der Waals surface area contributed by atoms with E-state index in [4.69, 9.17) is 0 Å². The standard InChI is InChI=1S/C18H32N2Si/c1-18(2,3)20-12-10-19(11-13-20)17-8-7-16(15-17)9-14-21(4,5)6/h15,17H,7-8,10-13H2,1-6H3/t17-/m1/s1. The van der Waals surface area contributed by atoms with Crippen molar-refractivity contribution in [2.75, 3.05) is 26.2 Å². The lowest BCUT2D eigenvalue weighted by Gasteiger charge is -2.43. The summed E-state index contributed by atoms with van der Waals surface area (Å²) < 4.78 is 0. The fraction of sp³-hybridized carbons (Fsp3) is 0.778. The first-order valence-electron chi connectivity index (χ1n) is 8.38. The fourth-order valence-corrected chi connectivity index (χ4v) is 3.62. The number of hydrogen-bond acceptors (Lipinski definition) is 2. The Labute approximate surface area is 132 Å². The maximum Gasteiger partial charge on any atom is 0.129 e. The van der Waals surface area contributed by atoms with E-state index >= 15 is 0 Å². The molecule has 2 rings (SSSR count). The molecule has 0 radical (unpaired) electrons. The van der Waals surface area contributed by atoms with Crippen LogP contribution in [-0.4, -0.2) is 55.6 Å². The molecule has 2 nitrogen and oxygen atoms in total. The van der Waals surface area contributed by atoms with Crippen molar-refractivity contribution in [1.29, 1.82) is 0 Å². The van der Waals surface area contributed by atoms with Crippen LogP contribution in [0.2, 0.25) is 19.6 Å². The highest BCUT2D eigenvalue weighted by Gasteiger charge is 2.29. The van der Waals surface area contributed by atoms with E-state index < -0.39 is 8.07 Å². The highest BCUT2D eigenvalue weighted by atomic mass is 28.3. The van der Waals surface area contributed by atoms with Gasteiger partial charge in [0.15, 0.2) is 0 Å². The van der Waals surface area contributed by atoms with Crippen LogP contribution < -0.4 is 0 Å². The van der Waals surface area contributed by atoms with Crippen LogP contribution in [0.25, 0.3) is 0 Å². The highest BCUT2D eigenvalue weighted by Crippen LogP contribution is 2.25. The van der Waals surface area contributed by atoms with E-state index in [1.165, 1.54) is 44.6 Å². The van der Waals surface area contributed by atoms with Crippen molar-refractivity contribution < 1.29 is 0 Å². The second-order valence-corrected chi connectivity index (χ2v) is 13.2. The van der Waals surface area contributed by atoms with Crippen LogP contribution >= 0.6 is 0 Å². The van der Waals surface area contributed by atoms with E-state index in [9.17, 15) is 0 Å². The van der Waals surface area contributed by atoms with E-state index in [1.807, 2.05) is 0 Å². The van der Waals surface area contributed by atoms with Crippen LogP contribution in [0, 0.1) is 11.5 Å². The molecule has 0 spiro atoms. The van der Waals surface area contributed by atoms with Gasteiger partial charge in [-0.3, -0.25) is 9.80 Å². The third-order valence-corrected chi connectivity index (χ3v) is 5.31. The van der Waals surface area contributed by atoms with Crippen molar-refractivity contribution in [2.24, 2.45) is 0 Å². The summed E-state index contributed by atoms with van der Waals surface area (Å²) in [5.41, 5.74) is 5.21. The molecule has 0 amide bonds. The molecule has 1 aliphatic heterocycles. The predicted octanol–water partition coefficient (Wildman–Crippen LogP) is 3.37. The van der Waals surface area contributed by atoms with Gasteiger partial charge in [0.25, 0.3) is 0 Å². The van der Waals surface area contributed by atoms with Crippen LogP contribution in [-0.2, 0) is 0 Å². The monoisotopic (exact) mass is 304 g/mol. The van der Waals surface area contributed by atoms with Gasteiger partial charge in [0.2, 0.25) is 0 Å². The van der Waals surface area contributed by atoms with Gasteiger partial charge >= 0.3 is 0 Å². The van der Waals surface area contributed by atoms with Gasteiger partial charge in [-0.1, -0.05) is 31.6 Å². The maximum atomic E-state index is 3.51. The summed E-state index contributed by atoms with van der Waals surface area (Å²) in [5.74, 6) is 3.46. The number of rotatable bonds is 1. The molecule has 0 saturated carbocycles. The third-order valence-electron chi connectivity index (χ3n) is 4.43. The fourth-order valence-electron chi connectivity index (χ4n) is 3.09. The number of hydrogen-bond donors (Lipinski definition) is 0. The molecule has 0 aromatic rings. The average Bonchev–Trinajstić information content (AvgIpc) is 2.83. The SMILES string of the molecule is CC(C)(C)N1CCN([C@H]2C=C(C#C[Si](C)(C)C)CC2)CC1. The summed E-state index contributed by atoms with van der Waals surface area (Å²) >= 11 is 0. The van der Waals surface area contributed by atoms with Crippen LogP contribution in [0.5, 0.6) is 0 Å². The summed E-state index contributed by atoms with van der Waals surface area (Å²) in [6, 6.07) is 0.637. The molecule has 1 aliphatic carbocycles. The molecule has 1 heterocycles. The van der Waals surface area contributed by atoms with Gasteiger partial charge in [-0.2, -0.15) is 0 Å². The number of piperazine rings is 1. The van der Waals surface area contributed by atoms with E-state index in [0.717, 1.165) is 0 Å². The van der Waals surface area contributed by atoms with Gasteiger partial charge in [-0.25, -0.2) is 0 Å². The maximum absolute atomic E-state index is 3.51. The Morgan fingerprint density at radius 1 is 1.10 bits per heavy atom. The van der Waals surface area contributed by atoms with Crippen molar-refractivity contribution in [3.63, 3.8) is 0 Å². The second-order valence-electron chi connectivity index (χ2n) is 8.49. The van der Waals surface area contributed by atoms with Gasteiger partial charge in [-0.05, 0) is 39.2 Å². The zero-order chi connectivity index (χ0) is 15.7. The Kier molecular flexibility index (Phi) is 5.02. The molecule has 21 heavy (non-hydrogen) atoms. The lowest BCUT2D eigenvalue weighted by atomic mass is 10.0. The normalized spacial score (nSPS) is 25.4. The van der Waals surface area contributed by atoms with Crippen molar-refractivity contribution >= 4 is 8.07 Å². The Morgan fingerprint density at radius 2 is 1.71 bits per heavy atom. The zero-order valence-electron chi connectivity index (χ0n) is 14.8. The van der Waals surface area contributed by atoms with Gasteiger partial charge < -0.3 is 0 Å². The lowest BCUT2D eigenvalue weighted by Crippen LogP contribution is -2.55. The Morgan fingerprint density at radius 3 is 2.24 bits per heavy atom. The molecule has 118 valence electrons. The van der Waals surface area contributed by atoms with Crippen LogP contribution in [0.4, 0.5) is 0 Å². The van der Waals surface area contributed by atoms with Crippen molar-refractivity contribution in [2.45, 2.75) is 64.8 Å². The van der Waals surface area contributed by atoms with E-state index in [1.54, 1.807) is 0 Å². The molecule has 0 unspecified atom stereocenters. The molecule has 0 N–H and O–H groups in total. The van der Waals surface area contributed by atoms with Crippen molar-refractivity contribution in [3.05, 3.63) is 11.6 Å². The average molecular weight is 305 g/mol. The summed E-state index contributed by atoms with van der Waals surface area (Å²) in [7, 11) is -1.24. The van der Waals surface area contributed by atoms with Crippen LogP contribution in [0.1, 0.15) is 33.6 Å². The van der Waals surface area contributed by atoms with E-state index in [-0.39, 0.29) is 0 Å². The molecule has 0 aromatic heterocycles. The molecule has 0 bridgehead atoms. The van der Waals surface area contributed by atoms with Gasteiger partial charge in [0, 0.05) is 37.8 Å². The van der Waals surface area contributed by atoms with Crippen molar-refractivity contribution in [3.8, 4) is 11.5 Å². The topological polar surface area (TPSA) is 6.48 Å². The smallest absolute Gasteiger partial charge is 0.129 e. The molecular weight excluding hydrogens is 272 g/mol. The minimum Gasteiger partial charge on any atom is -0.296 e. The largest absolute Gasteiger partial charge is 0.296 e. The van der Waals surface area contributed by atoms with Gasteiger partial charge in [0.05, 0.1) is 0 Å². The molecule has 0 aromatic carbocycles. The molecule has 1 fully saturated rings. The van der Waals surface area contributed by atoms with Crippen LogP contribution in [0.15, 0.2) is 11.6 Å². The Bertz CT molecular complexity index is 448. The third kappa shape index (κ3) is 4.98. The first-order valence-corrected chi connectivity index (χ1v) is 11.9. The summed E-state index contributed by atoms with van der Waals surface area (Å²) in [6.07, 6.45) is 4.90. The van der Waals surface area contributed by atoms with E-state index in [0.29, 0.717) is 11.6 Å². The number of nitrogens with zero attached hydrogens (tertiary/aromatic N) is 2. The predicted molar refractivity (Wildman–Crippen MR) is 95.1 cm³/mol. The first kappa shape index (κ1) is 16.8. The second kappa shape index (κ2) is 6.28. The molecule has 1 saturated heterocycles. The minimum atomic E-state index is -1.24. The Hall–Kier alpha value is -0.563. The molecular formula is C18H32N2Si. The first-order chi connectivity index (χ1) is 9.65. The van der Waals surface area contributed by atoms with Gasteiger partial charge in [-0.15, -0.1) is 5.54 Å². The van der Waals surface area contributed by atoms with E-state index in [2.05, 4.69) is 67.8 Å². The highest BCUT2D eigenvalue weighted by molar-refractivity contribution is 6.83. The zero-order valence-corrected chi connectivity index (χ0v) is 15.8. The Balaban J connectivity index is 1.90. The molecule has 2 aliphatic rings. The minimum absolute atomic E-state index is 0.311. The van der Waals surface area contributed by atoms with Crippen molar-refractivity contribution in [1.82, 2.24) is 9.80 Å². The molecule has 3 heteroatoms. The number of allylic oxidation sites excluding steroid dienone is 1. The lowest BCUT2D eigenvalue weighted by molar-refractivity contribution is 0.0509. The summed E-state index contributed by atoms with van der Waals surface area (Å²) in [5, 5.41) is 0. The van der Waals surface area contributed by atoms with Gasteiger partial charge in [0.1, 0.15) is 8.07 Å². The quantitative estimate of drug-likeness (QED) is 0.541. The van der Waals surface area contributed by atoms with Crippen LogP contribution in [0.3, 0.4) is 0 Å².